The van der Waals surface area contributed by atoms with E-state index in [0.717, 1.165) is 0 Å². The van der Waals surface area contributed by atoms with Crippen molar-refractivity contribution < 1.29 is 0 Å². The molecule has 0 radical (unpaired) electrons. The third kappa shape index (κ3) is 4.84. The zero-order chi connectivity index (χ0) is 7.82. The van der Waals surface area contributed by atoms with Gasteiger partial charge in [-0.05, 0) is 13.0 Å². The number of pyridine rings is 1. The number of H-pyrrole nitrogens is 1. The third-order valence-electron chi connectivity index (χ3n) is 0.681. The Hall–Kier alpha value is -1.31. The van der Waals surface area contributed by atoms with Crippen LogP contribution in [0.5, 0.6) is 0 Å². The molecular formula is C8H11NO. The molecule has 2 heteroatoms. The van der Waals surface area contributed by atoms with Crippen molar-refractivity contribution in [2.24, 2.45) is 0 Å². The molecule has 0 saturated heterocycles. The van der Waals surface area contributed by atoms with Gasteiger partial charge in [0.05, 0.1) is 0 Å². The van der Waals surface area contributed by atoms with Gasteiger partial charge in [-0.2, -0.15) is 0 Å². The first-order valence-corrected chi connectivity index (χ1v) is 3.02. The second-order valence-corrected chi connectivity index (χ2v) is 1.64. The average molecular weight is 137 g/mol. The lowest BCUT2D eigenvalue weighted by Gasteiger charge is -1.73. The van der Waals surface area contributed by atoms with Gasteiger partial charge in [0.2, 0.25) is 5.56 Å². The third-order valence-corrected chi connectivity index (χ3v) is 0.681. The summed E-state index contributed by atoms with van der Waals surface area (Å²) in [5.74, 6) is 0. The van der Waals surface area contributed by atoms with Crippen LogP contribution < -0.4 is 5.56 Å². The number of hydrogen-bond acceptors (Lipinski definition) is 1. The Morgan fingerprint density at radius 1 is 1.60 bits per heavy atom. The highest BCUT2D eigenvalue weighted by Crippen LogP contribution is 1.67. The number of aromatic nitrogens is 1. The largest absolute Gasteiger partial charge is 0.329 e. The van der Waals surface area contributed by atoms with Gasteiger partial charge in [0.25, 0.3) is 0 Å². The highest BCUT2D eigenvalue weighted by molar-refractivity contribution is 4.89. The molecule has 1 N–H and O–H groups in total. The molecule has 54 valence electrons. The van der Waals surface area contributed by atoms with Crippen LogP contribution >= 0.6 is 0 Å². The summed E-state index contributed by atoms with van der Waals surface area (Å²) in [5.41, 5.74) is -0.0532. The molecule has 0 aliphatic carbocycles. The van der Waals surface area contributed by atoms with E-state index in [9.17, 15) is 4.79 Å². The summed E-state index contributed by atoms with van der Waals surface area (Å²) in [6.07, 6.45) is 3.35. The van der Waals surface area contributed by atoms with E-state index >= 15 is 0 Å². The molecule has 0 aromatic carbocycles. The zero-order valence-corrected chi connectivity index (χ0v) is 6.00. The van der Waals surface area contributed by atoms with Gasteiger partial charge >= 0.3 is 0 Å². The zero-order valence-electron chi connectivity index (χ0n) is 6.00. The lowest BCUT2D eigenvalue weighted by molar-refractivity contribution is 1.24. The van der Waals surface area contributed by atoms with Crippen molar-refractivity contribution in [1.82, 2.24) is 4.98 Å². The van der Waals surface area contributed by atoms with Crippen molar-refractivity contribution >= 4 is 0 Å². The quantitative estimate of drug-likeness (QED) is 0.541. The highest BCUT2D eigenvalue weighted by atomic mass is 16.1. The lowest BCUT2D eigenvalue weighted by Crippen LogP contribution is -1.98. The number of rotatable bonds is 0. The first-order chi connectivity index (χ1) is 4.81. The van der Waals surface area contributed by atoms with E-state index in [2.05, 4.69) is 11.6 Å². The van der Waals surface area contributed by atoms with E-state index in [4.69, 9.17) is 0 Å². The molecule has 0 aliphatic heterocycles. The summed E-state index contributed by atoms with van der Waals surface area (Å²) in [6.45, 7) is 5.25. The van der Waals surface area contributed by atoms with E-state index in [0.29, 0.717) is 0 Å². The Balaban J connectivity index is 0.000000236. The Labute approximate surface area is 60.2 Å². The van der Waals surface area contributed by atoms with E-state index in [1.807, 2.05) is 6.92 Å². The van der Waals surface area contributed by atoms with Crippen molar-refractivity contribution in [3.8, 4) is 0 Å². The van der Waals surface area contributed by atoms with Gasteiger partial charge in [0.1, 0.15) is 0 Å². The van der Waals surface area contributed by atoms with Crippen LogP contribution in [-0.2, 0) is 0 Å². The molecule has 0 atom stereocenters. The van der Waals surface area contributed by atoms with Gasteiger partial charge < -0.3 is 4.98 Å². The molecule has 0 bridgehead atoms. The maximum Gasteiger partial charge on any atom is 0.247 e. The van der Waals surface area contributed by atoms with Crippen molar-refractivity contribution in [2.75, 3.05) is 0 Å². The highest BCUT2D eigenvalue weighted by Gasteiger charge is 1.69. The number of nitrogens with one attached hydrogen (secondary N) is 1. The van der Waals surface area contributed by atoms with Crippen LogP contribution in [0.2, 0.25) is 0 Å². The molecular weight excluding hydrogens is 126 g/mol. The van der Waals surface area contributed by atoms with Crippen molar-refractivity contribution in [3.63, 3.8) is 0 Å². The molecule has 0 unspecified atom stereocenters. The van der Waals surface area contributed by atoms with Crippen LogP contribution in [0.25, 0.3) is 0 Å². The van der Waals surface area contributed by atoms with Crippen LogP contribution in [0, 0.1) is 0 Å². The van der Waals surface area contributed by atoms with Gasteiger partial charge in [-0.1, -0.05) is 12.1 Å². The molecule has 1 aromatic rings. The van der Waals surface area contributed by atoms with Gasteiger partial charge in [-0.25, -0.2) is 0 Å². The maximum absolute atomic E-state index is 10.2. The van der Waals surface area contributed by atoms with Crippen LogP contribution in [0.4, 0.5) is 0 Å². The minimum atomic E-state index is -0.0532. The van der Waals surface area contributed by atoms with E-state index < -0.39 is 0 Å². The van der Waals surface area contributed by atoms with E-state index in [-0.39, 0.29) is 5.56 Å². The predicted octanol–water partition coefficient (Wildman–Crippen LogP) is 1.57. The summed E-state index contributed by atoms with van der Waals surface area (Å²) in [4.78, 5) is 12.7. The molecule has 1 heterocycles. The van der Waals surface area contributed by atoms with Crippen LogP contribution in [0.3, 0.4) is 0 Å². The normalized spacial score (nSPS) is 7.30. The molecule has 0 saturated carbocycles. The summed E-state index contributed by atoms with van der Waals surface area (Å²) in [5, 5.41) is 0. The molecule has 0 fully saturated rings. The number of allylic oxidation sites excluding steroid dienone is 1. The SMILES string of the molecule is C=CC.O=c1cccc[nH]1. The average Bonchev–Trinajstić information content (AvgIpc) is 1.91. The van der Waals surface area contributed by atoms with Crippen molar-refractivity contribution in [3.05, 3.63) is 47.4 Å². The fraction of sp³-hybridized carbons (Fsp3) is 0.125. The lowest BCUT2D eigenvalue weighted by atomic mass is 10.5. The topological polar surface area (TPSA) is 32.9 Å². The van der Waals surface area contributed by atoms with E-state index in [1.165, 1.54) is 6.07 Å². The Morgan fingerprint density at radius 3 is 2.40 bits per heavy atom. The van der Waals surface area contributed by atoms with Gasteiger partial charge in [-0.15, -0.1) is 6.58 Å². The minimum absolute atomic E-state index is 0.0532. The number of hydrogen-bond donors (Lipinski definition) is 1. The molecule has 0 amide bonds. The van der Waals surface area contributed by atoms with Crippen LogP contribution in [0.1, 0.15) is 6.92 Å². The minimum Gasteiger partial charge on any atom is -0.329 e. The molecule has 1 aromatic heterocycles. The smallest absolute Gasteiger partial charge is 0.247 e. The standard InChI is InChI=1S/C5H5NO.C3H6/c7-5-3-1-2-4-6-5;1-3-2/h1-4H,(H,6,7);3H,1H2,2H3. The van der Waals surface area contributed by atoms with Gasteiger partial charge in [0, 0.05) is 12.3 Å². The fourth-order valence-corrected chi connectivity index (χ4v) is 0.377. The summed E-state index contributed by atoms with van der Waals surface area (Å²) in [7, 11) is 0. The predicted molar refractivity (Wildman–Crippen MR) is 42.9 cm³/mol. The second kappa shape index (κ2) is 5.82. The molecule has 0 spiro atoms. The molecule has 0 aliphatic rings. The van der Waals surface area contributed by atoms with E-state index in [1.54, 1.807) is 24.4 Å². The summed E-state index contributed by atoms with van der Waals surface area (Å²) >= 11 is 0. The first-order valence-electron chi connectivity index (χ1n) is 3.02. The van der Waals surface area contributed by atoms with Crippen molar-refractivity contribution in [2.45, 2.75) is 6.92 Å². The summed E-state index contributed by atoms with van der Waals surface area (Å²) < 4.78 is 0. The Morgan fingerprint density at radius 2 is 2.20 bits per heavy atom. The van der Waals surface area contributed by atoms with Crippen molar-refractivity contribution in [1.29, 1.82) is 0 Å². The van der Waals surface area contributed by atoms with Crippen LogP contribution in [0.15, 0.2) is 41.8 Å². The second-order valence-electron chi connectivity index (χ2n) is 1.64. The molecule has 2 nitrogen and oxygen atoms in total. The monoisotopic (exact) mass is 137 g/mol. The molecule has 1 rings (SSSR count). The Kier molecular flexibility index (Phi) is 5.06. The van der Waals surface area contributed by atoms with Crippen LogP contribution in [-0.4, -0.2) is 4.98 Å². The number of aromatic amines is 1. The Bertz CT molecular complexity index is 209. The maximum atomic E-state index is 10.2. The van der Waals surface area contributed by atoms with Gasteiger partial charge in [0.15, 0.2) is 0 Å². The van der Waals surface area contributed by atoms with Gasteiger partial charge in [-0.3, -0.25) is 4.79 Å². The fourth-order valence-electron chi connectivity index (χ4n) is 0.377. The summed E-state index contributed by atoms with van der Waals surface area (Å²) in [6, 6.07) is 4.93. The first kappa shape index (κ1) is 8.69. The molecule has 10 heavy (non-hydrogen) atoms.